The van der Waals surface area contributed by atoms with Crippen LogP contribution in [0.15, 0.2) is 12.3 Å². The molecule has 0 amide bonds. The second-order valence-corrected chi connectivity index (χ2v) is 3.08. The predicted octanol–water partition coefficient (Wildman–Crippen LogP) is 1.19. The number of aromatic nitrogens is 1. The third kappa shape index (κ3) is 2.73. The van der Waals surface area contributed by atoms with Crippen molar-refractivity contribution in [1.82, 2.24) is 4.98 Å². The highest BCUT2D eigenvalue weighted by Crippen LogP contribution is 2.24. The molecule has 0 aromatic carbocycles. The minimum absolute atomic E-state index is 0.0835. The zero-order chi connectivity index (χ0) is 12.1. The summed E-state index contributed by atoms with van der Waals surface area (Å²) in [6, 6.07) is 1.20. The van der Waals surface area contributed by atoms with E-state index in [1.165, 1.54) is 19.4 Å². The maximum Gasteiger partial charge on any atom is 0.311 e. The average Bonchev–Trinajstić information content (AvgIpc) is 2.28. The topological polar surface area (TPSA) is 65.2 Å². The van der Waals surface area contributed by atoms with Gasteiger partial charge >= 0.3 is 5.97 Å². The maximum absolute atomic E-state index is 12.6. The number of carbonyl (C=O) groups is 1. The van der Waals surface area contributed by atoms with Crippen LogP contribution in [0, 0.1) is 0 Å². The van der Waals surface area contributed by atoms with E-state index in [-0.39, 0.29) is 29.8 Å². The van der Waals surface area contributed by atoms with E-state index >= 15 is 0 Å². The number of methoxy groups -OCH3 is 1. The van der Waals surface area contributed by atoms with E-state index in [1.54, 1.807) is 0 Å². The van der Waals surface area contributed by atoms with Crippen LogP contribution in [0.5, 0.6) is 0 Å². The molecule has 0 bridgehead atoms. The number of rotatable bonds is 4. The van der Waals surface area contributed by atoms with Crippen LogP contribution in [-0.4, -0.2) is 18.1 Å². The Hall–Kier alpha value is -1.56. The summed E-state index contributed by atoms with van der Waals surface area (Å²) in [7, 11) is 1.22. The first-order chi connectivity index (χ1) is 7.60. The molecule has 0 spiro atoms. The minimum atomic E-state index is -2.63. The third-order valence-electron chi connectivity index (χ3n) is 2.16. The van der Waals surface area contributed by atoms with Gasteiger partial charge in [0.15, 0.2) is 0 Å². The lowest BCUT2D eigenvalue weighted by Gasteiger charge is -2.10. The molecule has 88 valence electrons. The van der Waals surface area contributed by atoms with Crippen LogP contribution in [0.1, 0.15) is 23.2 Å². The van der Waals surface area contributed by atoms with Gasteiger partial charge < -0.3 is 10.5 Å². The van der Waals surface area contributed by atoms with Gasteiger partial charge in [-0.3, -0.25) is 9.78 Å². The zero-order valence-electron chi connectivity index (χ0n) is 8.74. The normalized spacial score (nSPS) is 10.6. The van der Waals surface area contributed by atoms with E-state index in [2.05, 4.69) is 9.72 Å². The van der Waals surface area contributed by atoms with Crippen molar-refractivity contribution in [2.24, 2.45) is 5.73 Å². The second kappa shape index (κ2) is 5.50. The number of hydrogen-bond donors (Lipinski definition) is 1. The fraction of sp³-hybridized carbons (Fsp3) is 0.400. The van der Waals surface area contributed by atoms with Gasteiger partial charge in [0.25, 0.3) is 6.43 Å². The smallest absolute Gasteiger partial charge is 0.311 e. The Kier molecular flexibility index (Phi) is 4.30. The number of carbonyl (C=O) groups excluding carboxylic acids is 1. The molecule has 0 saturated heterocycles. The van der Waals surface area contributed by atoms with Crippen LogP contribution < -0.4 is 5.73 Å². The van der Waals surface area contributed by atoms with Gasteiger partial charge in [0, 0.05) is 18.3 Å². The quantitative estimate of drug-likeness (QED) is 0.789. The summed E-state index contributed by atoms with van der Waals surface area (Å²) < 4.78 is 29.7. The van der Waals surface area contributed by atoms with Gasteiger partial charge in [-0.1, -0.05) is 0 Å². The molecule has 2 N–H and O–H groups in total. The maximum atomic E-state index is 12.6. The van der Waals surface area contributed by atoms with Gasteiger partial charge in [0.2, 0.25) is 0 Å². The third-order valence-corrected chi connectivity index (χ3v) is 2.16. The Bertz CT molecular complexity index is 383. The largest absolute Gasteiger partial charge is 0.469 e. The highest BCUT2D eigenvalue weighted by Gasteiger charge is 2.17. The monoisotopic (exact) mass is 230 g/mol. The van der Waals surface area contributed by atoms with Crippen molar-refractivity contribution in [2.45, 2.75) is 19.4 Å². The average molecular weight is 230 g/mol. The Labute approximate surface area is 91.4 Å². The van der Waals surface area contributed by atoms with Crippen LogP contribution in [0.4, 0.5) is 8.78 Å². The number of pyridine rings is 1. The van der Waals surface area contributed by atoms with Crippen LogP contribution >= 0.6 is 0 Å². The Balaban J connectivity index is 3.08. The van der Waals surface area contributed by atoms with Crippen molar-refractivity contribution >= 4 is 5.97 Å². The molecule has 1 aromatic heterocycles. The minimum Gasteiger partial charge on any atom is -0.469 e. The van der Waals surface area contributed by atoms with Crippen LogP contribution in [0.2, 0.25) is 0 Å². The highest BCUT2D eigenvalue weighted by molar-refractivity contribution is 5.72. The molecular weight excluding hydrogens is 218 g/mol. The van der Waals surface area contributed by atoms with Crippen molar-refractivity contribution in [1.29, 1.82) is 0 Å². The summed E-state index contributed by atoms with van der Waals surface area (Å²) in [6.07, 6.45) is -1.54. The number of nitrogens with two attached hydrogens (primary N) is 1. The van der Waals surface area contributed by atoms with Crippen molar-refractivity contribution in [3.8, 4) is 0 Å². The number of nitrogens with zero attached hydrogens (tertiary/aromatic N) is 1. The van der Waals surface area contributed by atoms with Crippen LogP contribution in [0.25, 0.3) is 0 Å². The van der Waals surface area contributed by atoms with E-state index in [0.717, 1.165) is 0 Å². The molecular formula is C10H12F2N2O2. The molecule has 1 rings (SSSR count). The lowest BCUT2D eigenvalue weighted by Crippen LogP contribution is -2.13. The molecule has 0 fully saturated rings. The zero-order valence-corrected chi connectivity index (χ0v) is 8.74. The fourth-order valence-corrected chi connectivity index (χ4v) is 1.35. The molecule has 4 nitrogen and oxygen atoms in total. The molecule has 16 heavy (non-hydrogen) atoms. The van der Waals surface area contributed by atoms with E-state index in [4.69, 9.17) is 5.73 Å². The van der Waals surface area contributed by atoms with Gasteiger partial charge in [-0.25, -0.2) is 8.78 Å². The summed E-state index contributed by atoms with van der Waals surface area (Å²) >= 11 is 0. The highest BCUT2D eigenvalue weighted by atomic mass is 19.3. The molecule has 0 atom stereocenters. The molecule has 0 aliphatic carbocycles. The summed E-state index contributed by atoms with van der Waals surface area (Å²) in [5, 5.41) is 0. The van der Waals surface area contributed by atoms with Crippen molar-refractivity contribution in [3.63, 3.8) is 0 Å². The fourth-order valence-electron chi connectivity index (χ4n) is 1.35. The van der Waals surface area contributed by atoms with E-state index in [1.807, 2.05) is 0 Å². The molecule has 1 aromatic rings. The molecule has 0 unspecified atom stereocenters. The molecule has 0 aliphatic rings. The number of alkyl halides is 2. The molecule has 0 saturated carbocycles. The lowest BCUT2D eigenvalue weighted by atomic mass is 10.0. The molecule has 6 heteroatoms. The SMILES string of the molecule is COC(=O)Cc1nccc(C(F)F)c1CN. The summed E-state index contributed by atoms with van der Waals surface area (Å²) in [5.74, 6) is -0.534. The first kappa shape index (κ1) is 12.5. The summed E-state index contributed by atoms with van der Waals surface area (Å²) in [5.41, 5.74) is 5.65. The lowest BCUT2D eigenvalue weighted by molar-refractivity contribution is -0.139. The Morgan fingerprint density at radius 2 is 2.31 bits per heavy atom. The van der Waals surface area contributed by atoms with Crippen LogP contribution in [0.3, 0.4) is 0 Å². The standard InChI is InChI=1S/C10H12F2N2O2/c1-16-9(15)4-8-7(5-13)6(10(11)12)2-3-14-8/h2-3,10H,4-5,13H2,1H3. The number of hydrogen-bond acceptors (Lipinski definition) is 4. The Morgan fingerprint density at radius 1 is 1.62 bits per heavy atom. The molecule has 0 radical (unpaired) electrons. The molecule has 0 aliphatic heterocycles. The van der Waals surface area contributed by atoms with Crippen LogP contribution in [-0.2, 0) is 22.5 Å². The van der Waals surface area contributed by atoms with Crippen molar-refractivity contribution < 1.29 is 18.3 Å². The summed E-state index contributed by atoms with van der Waals surface area (Å²) in [4.78, 5) is 14.9. The second-order valence-electron chi connectivity index (χ2n) is 3.08. The van der Waals surface area contributed by atoms with Gasteiger partial charge in [-0.05, 0) is 11.6 Å². The number of ether oxygens (including phenoxy) is 1. The first-order valence-electron chi connectivity index (χ1n) is 4.61. The number of esters is 1. The number of halogens is 2. The molecule has 1 heterocycles. The van der Waals surface area contributed by atoms with Crippen molar-refractivity contribution in [2.75, 3.05) is 7.11 Å². The predicted molar refractivity (Wildman–Crippen MR) is 52.8 cm³/mol. The van der Waals surface area contributed by atoms with E-state index in [9.17, 15) is 13.6 Å². The van der Waals surface area contributed by atoms with Crippen molar-refractivity contribution in [3.05, 3.63) is 29.1 Å². The summed E-state index contributed by atoms with van der Waals surface area (Å²) in [6.45, 7) is -0.0835. The van der Waals surface area contributed by atoms with Gasteiger partial charge in [0.1, 0.15) is 0 Å². The first-order valence-corrected chi connectivity index (χ1v) is 4.61. The van der Waals surface area contributed by atoms with Gasteiger partial charge in [0.05, 0.1) is 19.2 Å². The van der Waals surface area contributed by atoms with E-state index < -0.39 is 12.4 Å². The van der Waals surface area contributed by atoms with E-state index in [0.29, 0.717) is 0 Å². The van der Waals surface area contributed by atoms with Gasteiger partial charge in [-0.2, -0.15) is 0 Å². The van der Waals surface area contributed by atoms with Gasteiger partial charge in [-0.15, -0.1) is 0 Å². The Morgan fingerprint density at radius 3 is 2.81 bits per heavy atom.